The fourth-order valence-corrected chi connectivity index (χ4v) is 1.96. The second kappa shape index (κ2) is 6.35. The molecule has 0 spiro atoms. The molecule has 100 valence electrons. The quantitative estimate of drug-likeness (QED) is 0.653. The van der Waals surface area contributed by atoms with Gasteiger partial charge in [0.1, 0.15) is 6.17 Å². The van der Waals surface area contributed by atoms with Gasteiger partial charge in [0.15, 0.2) is 6.10 Å². The molecule has 0 bridgehead atoms. The molecular weight excluding hydrogens is 245 g/mol. The zero-order valence-corrected chi connectivity index (χ0v) is 10.7. The molecule has 1 aliphatic carbocycles. The van der Waals surface area contributed by atoms with Gasteiger partial charge < -0.3 is 0 Å². The molecule has 3 nitrogen and oxygen atoms in total. The molecule has 4 heteroatoms. The van der Waals surface area contributed by atoms with Crippen molar-refractivity contribution in [2.45, 2.75) is 25.9 Å². The number of hydrogen-bond donors (Lipinski definition) is 1. The predicted octanol–water partition coefficient (Wildman–Crippen LogP) is 2.69. The number of hydrogen-bond acceptors (Lipinski definition) is 2. The van der Waals surface area contributed by atoms with E-state index in [1.165, 1.54) is 6.17 Å². The standard InChI is InChI=1S/C15H16FNO2/c1-11(12-7-8-12)14(9-10-16)19-17-15(18)13-5-3-2-4-6-13/h2-6,11-12,14H,7-8H2,1H3,(H,17,18). The van der Waals surface area contributed by atoms with Gasteiger partial charge in [-0.3, -0.25) is 9.63 Å². The Bertz CT molecular complexity index is 488. The number of nitrogens with one attached hydrogen (secondary N) is 1. The number of benzene rings is 1. The van der Waals surface area contributed by atoms with Crippen LogP contribution in [0.3, 0.4) is 0 Å². The fourth-order valence-electron chi connectivity index (χ4n) is 1.96. The van der Waals surface area contributed by atoms with Crippen LogP contribution in [0.1, 0.15) is 30.1 Å². The van der Waals surface area contributed by atoms with E-state index in [0.29, 0.717) is 11.5 Å². The molecule has 1 N–H and O–H groups in total. The summed E-state index contributed by atoms with van der Waals surface area (Å²) in [6.07, 6.45) is 2.99. The number of carbonyl (C=O) groups is 1. The number of rotatable bonds is 5. The van der Waals surface area contributed by atoms with Crippen LogP contribution in [0.4, 0.5) is 4.39 Å². The molecular formula is C15H16FNO2. The maximum absolute atomic E-state index is 12.2. The Morgan fingerprint density at radius 2 is 2.11 bits per heavy atom. The van der Waals surface area contributed by atoms with Crippen LogP contribution in [0.25, 0.3) is 0 Å². The largest absolute Gasteiger partial charge is 0.274 e. The van der Waals surface area contributed by atoms with Crippen molar-refractivity contribution in [2.24, 2.45) is 11.8 Å². The molecule has 1 saturated carbocycles. The third kappa shape index (κ3) is 3.80. The van der Waals surface area contributed by atoms with Gasteiger partial charge in [0, 0.05) is 5.56 Å². The summed E-state index contributed by atoms with van der Waals surface area (Å²) in [6, 6.07) is 8.71. The molecule has 0 radical (unpaired) electrons. The summed E-state index contributed by atoms with van der Waals surface area (Å²) in [7, 11) is 0. The summed E-state index contributed by atoms with van der Waals surface area (Å²) in [4.78, 5) is 17.0. The van der Waals surface area contributed by atoms with Crippen LogP contribution in [0, 0.1) is 23.9 Å². The van der Waals surface area contributed by atoms with Gasteiger partial charge in [-0.05, 0) is 42.7 Å². The molecule has 1 aromatic rings. The van der Waals surface area contributed by atoms with Gasteiger partial charge in [0.05, 0.1) is 0 Å². The van der Waals surface area contributed by atoms with Gasteiger partial charge in [0.2, 0.25) is 0 Å². The smallest absolute Gasteiger partial charge is 0.267 e. The lowest BCUT2D eigenvalue weighted by atomic mass is 10.00. The first-order chi connectivity index (χ1) is 9.22. The SMILES string of the molecule is CC(C1CC1)C(C#CF)ONC(=O)c1ccccc1. The molecule has 1 amide bonds. The lowest BCUT2D eigenvalue weighted by molar-refractivity contribution is -0.0159. The van der Waals surface area contributed by atoms with Gasteiger partial charge in [-0.15, -0.1) is 4.39 Å². The molecule has 0 heterocycles. The van der Waals surface area contributed by atoms with E-state index in [4.69, 9.17) is 4.84 Å². The first-order valence-corrected chi connectivity index (χ1v) is 6.34. The van der Waals surface area contributed by atoms with Gasteiger partial charge in [0.25, 0.3) is 5.91 Å². The van der Waals surface area contributed by atoms with Crippen molar-refractivity contribution in [3.05, 3.63) is 35.9 Å². The maximum atomic E-state index is 12.2. The Morgan fingerprint density at radius 3 is 2.68 bits per heavy atom. The van der Waals surface area contributed by atoms with Crippen molar-refractivity contribution in [1.82, 2.24) is 5.48 Å². The molecule has 2 rings (SSSR count). The molecule has 1 aliphatic rings. The Labute approximate surface area is 112 Å². The minimum Gasteiger partial charge on any atom is -0.267 e. The minimum absolute atomic E-state index is 0.110. The van der Waals surface area contributed by atoms with Crippen LogP contribution in [-0.4, -0.2) is 12.0 Å². The van der Waals surface area contributed by atoms with Crippen molar-refractivity contribution < 1.29 is 14.0 Å². The van der Waals surface area contributed by atoms with Crippen molar-refractivity contribution in [3.63, 3.8) is 0 Å². The normalized spacial score (nSPS) is 16.9. The summed E-state index contributed by atoms with van der Waals surface area (Å²) >= 11 is 0. The lowest BCUT2D eigenvalue weighted by Gasteiger charge is -2.18. The topological polar surface area (TPSA) is 38.3 Å². The monoisotopic (exact) mass is 261 g/mol. The second-order valence-electron chi connectivity index (χ2n) is 4.77. The van der Waals surface area contributed by atoms with Crippen molar-refractivity contribution in [2.75, 3.05) is 0 Å². The van der Waals surface area contributed by atoms with Crippen LogP contribution in [-0.2, 0) is 4.84 Å². The van der Waals surface area contributed by atoms with E-state index in [1.54, 1.807) is 24.3 Å². The van der Waals surface area contributed by atoms with Crippen LogP contribution < -0.4 is 5.48 Å². The zero-order valence-electron chi connectivity index (χ0n) is 10.7. The van der Waals surface area contributed by atoms with Crippen LogP contribution in [0.5, 0.6) is 0 Å². The van der Waals surface area contributed by atoms with Crippen molar-refractivity contribution in [3.8, 4) is 12.1 Å². The number of hydroxylamine groups is 1. The fraction of sp³-hybridized carbons (Fsp3) is 0.400. The summed E-state index contributed by atoms with van der Waals surface area (Å²) in [5, 5.41) is 0. The van der Waals surface area contributed by atoms with E-state index < -0.39 is 6.10 Å². The highest BCUT2D eigenvalue weighted by atomic mass is 19.1. The molecule has 0 saturated heterocycles. The summed E-state index contributed by atoms with van der Waals surface area (Å²) in [6.45, 7) is 1.96. The van der Waals surface area contributed by atoms with E-state index >= 15 is 0 Å². The van der Waals surface area contributed by atoms with E-state index in [0.717, 1.165) is 12.8 Å². The van der Waals surface area contributed by atoms with Crippen LogP contribution in [0.2, 0.25) is 0 Å². The number of halogens is 1. The predicted molar refractivity (Wildman–Crippen MR) is 69.6 cm³/mol. The molecule has 0 aromatic heterocycles. The highest BCUT2D eigenvalue weighted by molar-refractivity contribution is 5.93. The van der Waals surface area contributed by atoms with Crippen LogP contribution in [0.15, 0.2) is 30.3 Å². The Hall–Kier alpha value is -1.86. The summed E-state index contributed by atoms with van der Waals surface area (Å²) in [5.41, 5.74) is 2.83. The minimum atomic E-state index is -0.606. The van der Waals surface area contributed by atoms with E-state index in [9.17, 15) is 9.18 Å². The van der Waals surface area contributed by atoms with Crippen LogP contribution >= 0.6 is 0 Å². The molecule has 2 atom stereocenters. The van der Waals surface area contributed by atoms with Gasteiger partial charge >= 0.3 is 0 Å². The Kier molecular flexibility index (Phi) is 4.53. The molecule has 19 heavy (non-hydrogen) atoms. The highest BCUT2D eigenvalue weighted by Crippen LogP contribution is 2.38. The van der Waals surface area contributed by atoms with Crippen molar-refractivity contribution >= 4 is 5.91 Å². The molecule has 0 aliphatic heterocycles. The summed E-state index contributed by atoms with van der Waals surface area (Å²) in [5.74, 6) is 2.63. The first-order valence-electron chi connectivity index (χ1n) is 6.34. The lowest BCUT2D eigenvalue weighted by Crippen LogP contribution is -2.33. The Balaban J connectivity index is 1.91. The van der Waals surface area contributed by atoms with E-state index in [1.807, 2.05) is 13.0 Å². The molecule has 1 aromatic carbocycles. The highest BCUT2D eigenvalue weighted by Gasteiger charge is 2.34. The maximum Gasteiger partial charge on any atom is 0.274 e. The summed E-state index contributed by atoms with van der Waals surface area (Å²) < 4.78 is 12.2. The third-order valence-electron chi connectivity index (χ3n) is 3.35. The molecule has 2 unspecified atom stereocenters. The van der Waals surface area contributed by atoms with Crippen molar-refractivity contribution in [1.29, 1.82) is 0 Å². The average molecular weight is 261 g/mol. The number of carbonyl (C=O) groups excluding carboxylic acids is 1. The van der Waals surface area contributed by atoms with E-state index in [2.05, 4.69) is 11.4 Å². The average Bonchev–Trinajstić information content (AvgIpc) is 3.28. The van der Waals surface area contributed by atoms with Gasteiger partial charge in [-0.2, -0.15) is 0 Å². The second-order valence-corrected chi connectivity index (χ2v) is 4.77. The van der Waals surface area contributed by atoms with Gasteiger partial charge in [-0.1, -0.05) is 25.1 Å². The van der Waals surface area contributed by atoms with Gasteiger partial charge in [-0.25, -0.2) is 5.48 Å². The van der Waals surface area contributed by atoms with E-state index in [-0.39, 0.29) is 11.8 Å². The Morgan fingerprint density at radius 1 is 1.42 bits per heavy atom. The first kappa shape index (κ1) is 13.6. The third-order valence-corrected chi connectivity index (χ3v) is 3.35. The number of amides is 1. The molecule has 1 fully saturated rings. The zero-order chi connectivity index (χ0) is 13.7.